The summed E-state index contributed by atoms with van der Waals surface area (Å²) in [5.41, 5.74) is 13.7. The first kappa shape index (κ1) is 32.1. The third-order valence-electron chi connectivity index (χ3n) is 12.7. The van der Waals surface area contributed by atoms with E-state index < -0.39 is 0 Å². The Kier molecular flexibility index (Phi) is 6.61. The molecule has 0 radical (unpaired) electrons. The molecule has 4 aromatic heterocycles. The number of benzene rings is 8. The van der Waals surface area contributed by atoms with E-state index >= 15 is 0 Å². The first-order chi connectivity index (χ1) is 28.7. The molecule has 4 nitrogen and oxygen atoms in total. The summed E-state index contributed by atoms with van der Waals surface area (Å²) in [4.78, 5) is 12.3. The molecule has 2 bridgehead atoms. The van der Waals surface area contributed by atoms with Crippen LogP contribution in [0.4, 0.5) is 0 Å². The second-order valence-corrected chi connectivity index (χ2v) is 16.7. The van der Waals surface area contributed by atoms with E-state index in [2.05, 4.69) is 180 Å². The quantitative estimate of drug-likeness (QED) is 0.176. The van der Waals surface area contributed by atoms with Gasteiger partial charge in [0.05, 0.1) is 27.5 Å². The summed E-state index contributed by atoms with van der Waals surface area (Å²) >= 11 is 1.74. The monoisotopic (exact) mass is 758 g/mol. The molecular weight excluding hydrogens is 725 g/mol. The van der Waals surface area contributed by atoms with Gasteiger partial charge in [-0.3, -0.25) is 9.13 Å². The summed E-state index contributed by atoms with van der Waals surface area (Å²) in [7, 11) is 0. The molecule has 13 rings (SSSR count). The molecule has 0 aliphatic heterocycles. The highest BCUT2D eigenvalue weighted by Gasteiger charge is 2.28. The average molecular weight is 759 g/mol. The number of hydrogen-bond acceptors (Lipinski definition) is 3. The van der Waals surface area contributed by atoms with Gasteiger partial charge in [-0.05, 0) is 99.8 Å². The van der Waals surface area contributed by atoms with Gasteiger partial charge in [0.25, 0.3) is 0 Å². The molecule has 1 aliphatic carbocycles. The minimum Gasteiger partial charge on any atom is -0.293 e. The number of thiophene rings is 1. The van der Waals surface area contributed by atoms with Crippen LogP contribution < -0.4 is 0 Å². The first-order valence-corrected chi connectivity index (χ1v) is 20.9. The second kappa shape index (κ2) is 12.0. The molecule has 0 fully saturated rings. The maximum absolute atomic E-state index is 5.75. The smallest absolute Gasteiger partial charge is 0.238 e. The molecule has 58 heavy (non-hydrogen) atoms. The van der Waals surface area contributed by atoms with Crippen LogP contribution in [0.25, 0.3) is 109 Å². The topological polar surface area (TPSA) is 35.6 Å². The molecule has 272 valence electrons. The van der Waals surface area contributed by atoms with Crippen LogP contribution in [0, 0.1) is 6.92 Å². The van der Waals surface area contributed by atoms with Crippen LogP contribution in [0.5, 0.6) is 0 Å². The first-order valence-electron chi connectivity index (χ1n) is 20.1. The molecule has 0 amide bonds. The Balaban J connectivity index is 1.23. The van der Waals surface area contributed by atoms with Crippen molar-refractivity contribution in [3.63, 3.8) is 0 Å². The van der Waals surface area contributed by atoms with Gasteiger partial charge in [0.15, 0.2) is 5.82 Å². The highest BCUT2D eigenvalue weighted by molar-refractivity contribution is 7.25. The van der Waals surface area contributed by atoms with Gasteiger partial charge in [0, 0.05) is 31.6 Å². The lowest BCUT2D eigenvalue weighted by Crippen LogP contribution is -2.07. The van der Waals surface area contributed by atoms with E-state index in [-0.39, 0.29) is 0 Å². The van der Waals surface area contributed by atoms with Crippen molar-refractivity contribution in [2.75, 3.05) is 0 Å². The molecule has 4 heterocycles. The van der Waals surface area contributed by atoms with Crippen molar-refractivity contribution in [2.45, 2.75) is 19.8 Å². The van der Waals surface area contributed by atoms with E-state index in [1.54, 1.807) is 11.3 Å². The standard InChI is InChI=1S/C53H34N4S/c1-31-41-30-45-49(47(31)48-34(28-26-32-14-2-4-16-35(32)41)29-27-33-15-3-5-17-36(33)48)39-20-8-12-24-44(39)57(45)53-54-51(50-40-21-9-13-25-46(40)58-52(50)55-53)56-42-22-10-6-18-37(42)38-19-7-11-23-43(38)56/h2-25,27,29-30H,26,28H2,1H3. The minimum absolute atomic E-state index is 0.671. The van der Waals surface area contributed by atoms with Gasteiger partial charge in [-0.2, -0.15) is 4.98 Å². The van der Waals surface area contributed by atoms with Crippen LogP contribution in [0.15, 0.2) is 164 Å². The highest BCUT2D eigenvalue weighted by atomic mass is 32.1. The molecule has 0 saturated heterocycles. The lowest BCUT2D eigenvalue weighted by molar-refractivity contribution is 0.967. The van der Waals surface area contributed by atoms with E-state index in [0.29, 0.717) is 5.95 Å². The number of aryl methyl sites for hydroxylation is 2. The van der Waals surface area contributed by atoms with Crippen molar-refractivity contribution in [2.24, 2.45) is 0 Å². The summed E-state index contributed by atoms with van der Waals surface area (Å²) in [5, 5.41) is 9.67. The Morgan fingerprint density at radius 3 is 1.88 bits per heavy atom. The fourth-order valence-electron chi connectivity index (χ4n) is 10.1. The van der Waals surface area contributed by atoms with E-state index in [1.807, 2.05) is 0 Å². The third-order valence-corrected chi connectivity index (χ3v) is 13.7. The van der Waals surface area contributed by atoms with Crippen LogP contribution in [-0.4, -0.2) is 19.1 Å². The van der Waals surface area contributed by atoms with Crippen molar-refractivity contribution in [1.82, 2.24) is 19.1 Å². The van der Waals surface area contributed by atoms with Crippen molar-refractivity contribution in [1.29, 1.82) is 0 Å². The normalized spacial score (nSPS) is 12.8. The van der Waals surface area contributed by atoms with Gasteiger partial charge < -0.3 is 0 Å². The Labute approximate surface area is 337 Å². The Morgan fingerprint density at radius 2 is 1.09 bits per heavy atom. The SMILES string of the molecule is Cc1c2cc3c(c1-c1c(ccc4ccccc14)CCc1ccccc1-2)c1ccccc1n3-c1nc(-n2c3ccccc3c3ccccc32)c2c(n1)sc1ccccc12. The zero-order valence-electron chi connectivity index (χ0n) is 31.7. The predicted octanol–water partition coefficient (Wildman–Crippen LogP) is 13.9. The molecular formula is C53H34N4S. The third kappa shape index (κ3) is 4.34. The molecule has 0 unspecified atom stereocenters. The van der Waals surface area contributed by atoms with Crippen molar-refractivity contribution in [3.8, 4) is 34.0 Å². The van der Waals surface area contributed by atoms with E-state index in [0.717, 1.165) is 50.9 Å². The van der Waals surface area contributed by atoms with E-state index in [1.165, 1.54) is 81.3 Å². The summed E-state index contributed by atoms with van der Waals surface area (Å²) in [6.07, 6.45) is 1.93. The number of fused-ring (bicyclic) bond motifs is 18. The number of hydrogen-bond donors (Lipinski definition) is 0. The maximum atomic E-state index is 5.75. The summed E-state index contributed by atoms with van der Waals surface area (Å²) in [6.45, 7) is 2.34. The zero-order chi connectivity index (χ0) is 38.1. The summed E-state index contributed by atoms with van der Waals surface area (Å²) < 4.78 is 5.92. The molecule has 0 saturated carbocycles. The number of para-hydroxylation sites is 3. The molecule has 0 N–H and O–H groups in total. The fraction of sp³-hybridized carbons (Fsp3) is 0.0566. The van der Waals surface area contributed by atoms with Crippen LogP contribution in [0.3, 0.4) is 0 Å². The largest absolute Gasteiger partial charge is 0.293 e. The lowest BCUT2D eigenvalue weighted by atomic mass is 9.85. The van der Waals surface area contributed by atoms with Crippen LogP contribution >= 0.6 is 11.3 Å². The van der Waals surface area contributed by atoms with Gasteiger partial charge >= 0.3 is 0 Å². The van der Waals surface area contributed by atoms with Gasteiger partial charge in [0.1, 0.15) is 4.83 Å². The Morgan fingerprint density at radius 1 is 0.466 bits per heavy atom. The zero-order valence-corrected chi connectivity index (χ0v) is 32.5. The van der Waals surface area contributed by atoms with Crippen LogP contribution in [0.2, 0.25) is 0 Å². The van der Waals surface area contributed by atoms with Crippen LogP contribution in [-0.2, 0) is 12.8 Å². The number of rotatable bonds is 2. The second-order valence-electron chi connectivity index (χ2n) is 15.6. The van der Waals surface area contributed by atoms with Crippen molar-refractivity contribution >= 4 is 86.0 Å². The molecule has 8 aromatic carbocycles. The van der Waals surface area contributed by atoms with Gasteiger partial charge in [-0.1, -0.05) is 133 Å². The van der Waals surface area contributed by atoms with Crippen molar-refractivity contribution < 1.29 is 0 Å². The molecule has 5 heteroatoms. The van der Waals surface area contributed by atoms with Gasteiger partial charge in [0.2, 0.25) is 5.95 Å². The van der Waals surface area contributed by atoms with E-state index in [4.69, 9.17) is 9.97 Å². The fourth-order valence-corrected chi connectivity index (χ4v) is 11.2. The number of nitrogens with zero attached hydrogens (tertiary/aromatic N) is 4. The lowest BCUT2D eigenvalue weighted by Gasteiger charge is -2.19. The Bertz CT molecular complexity index is 3660. The molecule has 0 spiro atoms. The van der Waals surface area contributed by atoms with E-state index in [9.17, 15) is 0 Å². The number of aromatic nitrogens is 4. The Hall–Kier alpha value is -7.08. The minimum atomic E-state index is 0.671. The van der Waals surface area contributed by atoms with Gasteiger partial charge in [-0.25, -0.2) is 4.98 Å². The molecule has 0 atom stereocenters. The summed E-state index contributed by atoms with van der Waals surface area (Å²) in [6, 6.07) is 60.0. The van der Waals surface area contributed by atoms with Crippen LogP contribution in [0.1, 0.15) is 16.7 Å². The molecule has 12 aromatic rings. The molecule has 1 aliphatic rings. The highest BCUT2D eigenvalue weighted by Crippen LogP contribution is 2.49. The van der Waals surface area contributed by atoms with Crippen molar-refractivity contribution in [3.05, 3.63) is 180 Å². The average Bonchev–Trinajstić information content (AvgIpc) is 3.93. The van der Waals surface area contributed by atoms with Gasteiger partial charge in [-0.15, -0.1) is 11.3 Å². The maximum Gasteiger partial charge on any atom is 0.238 e. The summed E-state index contributed by atoms with van der Waals surface area (Å²) in [5.74, 6) is 1.57. The predicted molar refractivity (Wildman–Crippen MR) is 244 cm³/mol.